The second kappa shape index (κ2) is 5.29. The molecule has 1 aromatic heterocycles. The maximum absolute atomic E-state index is 12.9. The van der Waals surface area contributed by atoms with Crippen molar-refractivity contribution in [1.82, 2.24) is 4.98 Å². The average molecular weight is 298 g/mol. The number of hydrogen-bond donors (Lipinski definition) is 0. The van der Waals surface area contributed by atoms with Crippen LogP contribution in [0.4, 0.5) is 13.2 Å². The third kappa shape index (κ3) is 2.52. The number of ether oxygens (including phenoxy) is 1. The van der Waals surface area contributed by atoms with E-state index in [2.05, 4.69) is 25.7 Å². The number of aromatic nitrogens is 1. The highest BCUT2D eigenvalue weighted by atomic mass is 79.9. The van der Waals surface area contributed by atoms with Crippen LogP contribution in [0.5, 0.6) is 0 Å². The van der Waals surface area contributed by atoms with Crippen molar-refractivity contribution in [2.75, 3.05) is 7.11 Å². The lowest BCUT2D eigenvalue weighted by Crippen LogP contribution is -2.12. The van der Waals surface area contributed by atoms with Crippen LogP contribution in [0.25, 0.3) is 0 Å². The zero-order valence-electron chi connectivity index (χ0n) is 8.14. The Morgan fingerprint density at radius 3 is 2.69 bits per heavy atom. The van der Waals surface area contributed by atoms with Crippen LogP contribution in [0.1, 0.15) is 28.0 Å². The van der Waals surface area contributed by atoms with E-state index >= 15 is 0 Å². The number of hydrogen-bond acceptors (Lipinski definition) is 3. The number of alkyl halides is 3. The van der Waals surface area contributed by atoms with Gasteiger partial charge >= 0.3 is 5.97 Å². The van der Waals surface area contributed by atoms with Gasteiger partial charge in [0.1, 0.15) is 0 Å². The quantitative estimate of drug-likeness (QED) is 0.489. The Morgan fingerprint density at radius 1 is 1.62 bits per heavy atom. The molecule has 0 radical (unpaired) electrons. The first kappa shape index (κ1) is 13.0. The Hall–Kier alpha value is -1.11. The predicted octanol–water partition coefficient (Wildman–Crippen LogP) is 2.84. The standard InChI is InChI=1S/C9H7BrF3NO2/c1-16-9(15)7-4(8(12)13)2-6(11)14-5(7)3-10/h2,8H,3H2,1H3. The summed E-state index contributed by atoms with van der Waals surface area (Å²) in [6.07, 6.45) is -2.97. The van der Waals surface area contributed by atoms with Gasteiger partial charge in [-0.1, -0.05) is 15.9 Å². The van der Waals surface area contributed by atoms with Crippen LogP contribution in [0.2, 0.25) is 0 Å². The monoisotopic (exact) mass is 297 g/mol. The van der Waals surface area contributed by atoms with Crippen LogP contribution in [0.15, 0.2) is 6.07 Å². The van der Waals surface area contributed by atoms with Gasteiger partial charge in [0.15, 0.2) is 0 Å². The molecule has 1 heterocycles. The Morgan fingerprint density at radius 2 is 2.25 bits per heavy atom. The van der Waals surface area contributed by atoms with Gasteiger partial charge in [-0.25, -0.2) is 18.6 Å². The summed E-state index contributed by atoms with van der Waals surface area (Å²) in [5, 5.41) is -0.0189. The van der Waals surface area contributed by atoms with Gasteiger partial charge in [-0.3, -0.25) is 0 Å². The second-order valence-electron chi connectivity index (χ2n) is 2.78. The molecule has 3 nitrogen and oxygen atoms in total. The third-order valence-corrected chi connectivity index (χ3v) is 2.38. The maximum atomic E-state index is 12.9. The Kier molecular flexibility index (Phi) is 4.28. The molecule has 1 rings (SSSR count). The lowest BCUT2D eigenvalue weighted by atomic mass is 10.1. The zero-order valence-corrected chi connectivity index (χ0v) is 9.72. The topological polar surface area (TPSA) is 39.2 Å². The van der Waals surface area contributed by atoms with Gasteiger partial charge in [0.2, 0.25) is 5.95 Å². The highest BCUT2D eigenvalue weighted by molar-refractivity contribution is 9.08. The fourth-order valence-corrected chi connectivity index (χ4v) is 1.60. The van der Waals surface area contributed by atoms with Crippen molar-refractivity contribution in [3.05, 3.63) is 28.8 Å². The molecule has 16 heavy (non-hydrogen) atoms. The largest absolute Gasteiger partial charge is 0.465 e. The molecule has 88 valence electrons. The van der Waals surface area contributed by atoms with Gasteiger partial charge in [-0.05, 0) is 0 Å². The van der Waals surface area contributed by atoms with E-state index in [0.29, 0.717) is 6.07 Å². The maximum Gasteiger partial charge on any atom is 0.340 e. The molecule has 0 aliphatic carbocycles. The van der Waals surface area contributed by atoms with Gasteiger partial charge in [-0.2, -0.15) is 4.39 Å². The van der Waals surface area contributed by atoms with Crippen molar-refractivity contribution >= 4 is 21.9 Å². The molecule has 1 aromatic rings. The van der Waals surface area contributed by atoms with Gasteiger partial charge in [0, 0.05) is 17.0 Å². The van der Waals surface area contributed by atoms with Crippen molar-refractivity contribution in [1.29, 1.82) is 0 Å². The second-order valence-corrected chi connectivity index (χ2v) is 3.34. The predicted molar refractivity (Wildman–Crippen MR) is 53.1 cm³/mol. The van der Waals surface area contributed by atoms with E-state index < -0.39 is 29.5 Å². The van der Waals surface area contributed by atoms with Crippen LogP contribution in [-0.4, -0.2) is 18.1 Å². The summed E-state index contributed by atoms with van der Waals surface area (Å²) in [5.74, 6) is -2.02. The fraction of sp³-hybridized carbons (Fsp3) is 0.333. The number of methoxy groups -OCH3 is 1. The SMILES string of the molecule is COC(=O)c1c(C(F)F)cc(F)nc1CBr. The minimum Gasteiger partial charge on any atom is -0.465 e. The van der Waals surface area contributed by atoms with Gasteiger partial charge in [-0.15, -0.1) is 0 Å². The number of rotatable bonds is 3. The number of pyridine rings is 1. The average Bonchev–Trinajstić information content (AvgIpc) is 2.26. The lowest BCUT2D eigenvalue weighted by Gasteiger charge is -2.10. The Bertz CT molecular complexity index is 412. The molecule has 0 aliphatic rings. The Balaban J connectivity index is 3.45. The molecular formula is C9H7BrF3NO2. The minimum atomic E-state index is -2.97. The van der Waals surface area contributed by atoms with Crippen molar-refractivity contribution in [3.8, 4) is 0 Å². The molecule has 0 aliphatic heterocycles. The number of esters is 1. The number of carbonyl (C=O) groups excluding carboxylic acids is 1. The highest BCUT2D eigenvalue weighted by Crippen LogP contribution is 2.27. The van der Waals surface area contributed by atoms with E-state index in [0.717, 1.165) is 7.11 Å². The van der Waals surface area contributed by atoms with Crippen molar-refractivity contribution < 1.29 is 22.7 Å². The summed E-state index contributed by atoms with van der Waals surface area (Å²) in [4.78, 5) is 14.6. The van der Waals surface area contributed by atoms with Crippen LogP contribution in [0.3, 0.4) is 0 Å². The molecule has 0 unspecified atom stereocenters. The normalized spacial score (nSPS) is 10.6. The zero-order chi connectivity index (χ0) is 12.3. The molecule has 0 N–H and O–H groups in total. The van der Waals surface area contributed by atoms with Crippen LogP contribution in [0, 0.1) is 5.95 Å². The van der Waals surface area contributed by atoms with Crippen molar-refractivity contribution in [3.63, 3.8) is 0 Å². The third-order valence-electron chi connectivity index (χ3n) is 1.84. The summed E-state index contributed by atoms with van der Waals surface area (Å²) in [5.41, 5.74) is -1.22. The van der Waals surface area contributed by atoms with E-state index in [1.165, 1.54) is 0 Å². The summed E-state index contributed by atoms with van der Waals surface area (Å²) >= 11 is 2.94. The van der Waals surface area contributed by atoms with E-state index in [1.807, 2.05) is 0 Å². The first-order valence-corrected chi connectivity index (χ1v) is 5.25. The highest BCUT2D eigenvalue weighted by Gasteiger charge is 2.24. The van der Waals surface area contributed by atoms with Crippen LogP contribution < -0.4 is 0 Å². The molecule has 0 spiro atoms. The molecular weight excluding hydrogens is 291 g/mol. The summed E-state index contributed by atoms with van der Waals surface area (Å²) in [6.45, 7) is 0. The van der Waals surface area contributed by atoms with Crippen molar-refractivity contribution in [2.24, 2.45) is 0 Å². The molecule has 7 heteroatoms. The van der Waals surface area contributed by atoms with Crippen LogP contribution >= 0.6 is 15.9 Å². The summed E-state index contributed by atoms with van der Waals surface area (Å²) in [7, 11) is 1.05. The van der Waals surface area contributed by atoms with E-state index in [4.69, 9.17) is 0 Å². The molecule has 0 aromatic carbocycles. The molecule has 0 fully saturated rings. The van der Waals surface area contributed by atoms with E-state index in [1.54, 1.807) is 0 Å². The Labute approximate surface area is 97.8 Å². The molecule has 0 bridgehead atoms. The number of halogens is 4. The van der Waals surface area contributed by atoms with Crippen LogP contribution in [-0.2, 0) is 10.1 Å². The van der Waals surface area contributed by atoms with E-state index in [9.17, 15) is 18.0 Å². The molecule has 0 saturated carbocycles. The molecule has 0 amide bonds. The first-order chi connectivity index (χ1) is 7.51. The summed E-state index contributed by atoms with van der Waals surface area (Å²) in [6, 6.07) is 0.531. The smallest absolute Gasteiger partial charge is 0.340 e. The lowest BCUT2D eigenvalue weighted by molar-refractivity contribution is 0.0587. The number of carbonyl (C=O) groups is 1. The molecule has 0 saturated heterocycles. The van der Waals surface area contributed by atoms with Gasteiger partial charge in [0.25, 0.3) is 6.43 Å². The summed E-state index contributed by atoms with van der Waals surface area (Å²) < 4.78 is 42.5. The van der Waals surface area contributed by atoms with Gasteiger partial charge < -0.3 is 4.74 Å². The van der Waals surface area contributed by atoms with Gasteiger partial charge in [0.05, 0.1) is 18.4 Å². The van der Waals surface area contributed by atoms with Crippen molar-refractivity contribution in [2.45, 2.75) is 11.8 Å². The minimum absolute atomic E-state index is 0.0189. The fourth-order valence-electron chi connectivity index (χ4n) is 1.19. The number of nitrogens with zero attached hydrogens (tertiary/aromatic N) is 1. The molecule has 0 atom stereocenters. The first-order valence-electron chi connectivity index (χ1n) is 4.13. The van der Waals surface area contributed by atoms with E-state index in [-0.39, 0.29) is 11.0 Å².